The van der Waals surface area contributed by atoms with Crippen LogP contribution in [0.1, 0.15) is 86.5 Å². The number of nitrogens with two attached hydrogens (primary N) is 1. The maximum atomic E-state index is 12.7. The lowest BCUT2D eigenvalue weighted by Gasteiger charge is -2.26. The molecule has 0 radical (unpaired) electrons. The molecule has 1 saturated heterocycles. The minimum absolute atomic E-state index is 0.0635. The van der Waals surface area contributed by atoms with Gasteiger partial charge in [0, 0.05) is 18.7 Å². The Kier molecular flexibility index (Phi) is 11.2. The van der Waals surface area contributed by atoms with Gasteiger partial charge in [-0.15, -0.1) is 0 Å². The number of hydrogen-bond acceptors (Lipinski definition) is 4. The number of hydrazine groups is 1. The first-order valence-electron chi connectivity index (χ1n) is 13.0. The van der Waals surface area contributed by atoms with E-state index in [4.69, 9.17) is 4.79 Å². The first-order chi connectivity index (χ1) is 18.0. The zero-order valence-electron chi connectivity index (χ0n) is 23.3. The lowest BCUT2D eigenvalue weighted by molar-refractivity contribution is -0.106. The molecule has 0 aromatic heterocycles. The lowest BCUT2D eigenvalue weighted by Crippen LogP contribution is -2.45. The van der Waals surface area contributed by atoms with Gasteiger partial charge in [0.1, 0.15) is 0 Å². The van der Waals surface area contributed by atoms with E-state index in [9.17, 15) is 10.1 Å². The molecular formula is C32H40N4O2. The Morgan fingerprint density at radius 3 is 2.13 bits per heavy atom. The summed E-state index contributed by atoms with van der Waals surface area (Å²) in [5.41, 5.74) is 14.5. The smallest absolute Gasteiger partial charge is 0.265 e. The van der Waals surface area contributed by atoms with Gasteiger partial charge < -0.3 is 5.73 Å². The SMILES string of the molecule is C=C(C)/C(=C\C(=C/C)c1cc(C#N)cc(C(C)(C)C)c1)c1ccc(C(=O)NN2CCCCC2)cc1.NC=O. The summed E-state index contributed by atoms with van der Waals surface area (Å²) in [6.07, 6.45) is 7.89. The fourth-order valence-corrected chi connectivity index (χ4v) is 4.25. The fourth-order valence-electron chi connectivity index (χ4n) is 4.25. The number of nitriles is 1. The molecule has 1 aliphatic heterocycles. The summed E-state index contributed by atoms with van der Waals surface area (Å²) in [6.45, 7) is 16.5. The number of nitrogens with zero attached hydrogens (tertiary/aromatic N) is 2. The summed E-state index contributed by atoms with van der Waals surface area (Å²) >= 11 is 0. The van der Waals surface area contributed by atoms with Crippen LogP contribution in [0.2, 0.25) is 0 Å². The van der Waals surface area contributed by atoms with E-state index in [1.165, 1.54) is 6.42 Å². The molecule has 1 fully saturated rings. The van der Waals surface area contributed by atoms with Gasteiger partial charge in [0.2, 0.25) is 6.41 Å². The molecule has 1 heterocycles. The Morgan fingerprint density at radius 1 is 1.05 bits per heavy atom. The topological polar surface area (TPSA) is 99.2 Å². The molecule has 0 saturated carbocycles. The fraction of sp³-hybridized carbons (Fsp3) is 0.344. The van der Waals surface area contributed by atoms with Gasteiger partial charge in [-0.05, 0) is 90.3 Å². The molecule has 0 unspecified atom stereocenters. The van der Waals surface area contributed by atoms with Gasteiger partial charge in [0.05, 0.1) is 11.6 Å². The molecular weight excluding hydrogens is 472 g/mol. The summed E-state index contributed by atoms with van der Waals surface area (Å²) in [6, 6.07) is 16.1. The number of nitrogens with one attached hydrogen (secondary N) is 1. The zero-order chi connectivity index (χ0) is 28.3. The maximum Gasteiger partial charge on any atom is 0.265 e. The third-order valence-corrected chi connectivity index (χ3v) is 6.41. The first-order valence-corrected chi connectivity index (χ1v) is 13.0. The first kappa shape index (κ1) is 30.3. The van der Waals surface area contributed by atoms with Crippen LogP contribution in [0.25, 0.3) is 11.1 Å². The van der Waals surface area contributed by atoms with Crippen LogP contribution < -0.4 is 11.2 Å². The van der Waals surface area contributed by atoms with Crippen molar-refractivity contribution in [3.8, 4) is 6.07 Å². The molecule has 6 heteroatoms. The van der Waals surface area contributed by atoms with Gasteiger partial charge >= 0.3 is 0 Å². The summed E-state index contributed by atoms with van der Waals surface area (Å²) in [5, 5.41) is 11.6. The Labute approximate surface area is 227 Å². The Hall–Kier alpha value is -3.95. The highest BCUT2D eigenvalue weighted by Gasteiger charge is 2.17. The van der Waals surface area contributed by atoms with E-state index >= 15 is 0 Å². The van der Waals surface area contributed by atoms with E-state index in [0.29, 0.717) is 11.1 Å². The predicted molar refractivity (Wildman–Crippen MR) is 156 cm³/mol. The average molecular weight is 513 g/mol. The number of piperidine rings is 1. The number of benzene rings is 2. The van der Waals surface area contributed by atoms with Gasteiger partial charge in [-0.3, -0.25) is 15.0 Å². The standard InChI is InChI=1S/C31H37N3O.CH3NO/c1-7-24(27-17-23(21-32)18-28(19-27)31(4,5)6)20-29(22(2)3)25-11-13-26(14-12-25)30(35)33-34-15-9-8-10-16-34;2-1-3/h7,11-14,17-20H,2,8-10,15-16H2,1,3-6H3,(H,33,35);1H,(H2,2,3)/b24-7+,29-20+;. The molecule has 38 heavy (non-hydrogen) atoms. The summed E-state index contributed by atoms with van der Waals surface area (Å²) < 4.78 is 0. The van der Waals surface area contributed by atoms with Crippen molar-refractivity contribution >= 4 is 23.5 Å². The summed E-state index contributed by atoms with van der Waals surface area (Å²) in [5.74, 6) is -0.0727. The summed E-state index contributed by atoms with van der Waals surface area (Å²) in [4.78, 5) is 21.3. The van der Waals surface area contributed by atoms with Crippen LogP contribution in [0.3, 0.4) is 0 Å². The van der Waals surface area contributed by atoms with Gasteiger partial charge in [0.25, 0.3) is 5.91 Å². The van der Waals surface area contributed by atoms with Gasteiger partial charge in [-0.25, -0.2) is 5.01 Å². The molecule has 3 rings (SSSR count). The van der Waals surface area contributed by atoms with Crippen LogP contribution in [-0.2, 0) is 10.2 Å². The van der Waals surface area contributed by atoms with Crippen molar-refractivity contribution in [2.45, 2.75) is 59.3 Å². The highest BCUT2D eigenvalue weighted by atomic mass is 16.2. The Morgan fingerprint density at radius 2 is 1.63 bits per heavy atom. The normalized spacial score (nSPS) is 14.5. The number of primary amides is 1. The van der Waals surface area contributed by atoms with E-state index in [-0.39, 0.29) is 17.7 Å². The van der Waals surface area contributed by atoms with Crippen LogP contribution in [0.15, 0.2) is 66.8 Å². The van der Waals surface area contributed by atoms with Crippen LogP contribution >= 0.6 is 0 Å². The van der Waals surface area contributed by atoms with Crippen molar-refractivity contribution < 1.29 is 9.59 Å². The third-order valence-electron chi connectivity index (χ3n) is 6.41. The Bertz CT molecular complexity index is 1240. The van der Waals surface area contributed by atoms with Crippen molar-refractivity contribution in [3.05, 3.63) is 94.6 Å². The van der Waals surface area contributed by atoms with Crippen LogP contribution in [0.5, 0.6) is 0 Å². The van der Waals surface area contributed by atoms with Crippen LogP contribution in [0.4, 0.5) is 0 Å². The Balaban J connectivity index is 0.00000161. The second-order valence-corrected chi connectivity index (χ2v) is 10.4. The molecule has 2 aromatic rings. The minimum Gasteiger partial charge on any atom is -0.372 e. The molecule has 2 aromatic carbocycles. The van der Waals surface area contributed by atoms with Crippen LogP contribution in [-0.4, -0.2) is 30.4 Å². The lowest BCUT2D eigenvalue weighted by atomic mass is 9.83. The minimum atomic E-state index is -0.0727. The van der Waals surface area contributed by atoms with E-state index < -0.39 is 0 Å². The van der Waals surface area contributed by atoms with Gasteiger partial charge in [0.15, 0.2) is 0 Å². The van der Waals surface area contributed by atoms with E-state index in [0.717, 1.165) is 59.3 Å². The van der Waals surface area contributed by atoms with E-state index in [2.05, 4.69) is 62.8 Å². The molecule has 0 bridgehead atoms. The number of amides is 2. The van der Waals surface area contributed by atoms with E-state index in [1.54, 1.807) is 0 Å². The molecule has 0 atom stereocenters. The predicted octanol–water partition coefficient (Wildman–Crippen LogP) is 6.15. The van der Waals surface area contributed by atoms with Crippen molar-refractivity contribution in [2.24, 2.45) is 5.73 Å². The van der Waals surface area contributed by atoms with Gasteiger partial charge in [-0.2, -0.15) is 5.26 Å². The average Bonchev–Trinajstić information content (AvgIpc) is 2.89. The quantitative estimate of drug-likeness (QED) is 0.358. The third kappa shape index (κ3) is 8.57. The molecule has 6 nitrogen and oxygen atoms in total. The second kappa shape index (κ2) is 14.1. The largest absolute Gasteiger partial charge is 0.372 e. The second-order valence-electron chi connectivity index (χ2n) is 10.4. The van der Waals surface area contributed by atoms with Gasteiger partial charge in [-0.1, -0.05) is 63.6 Å². The van der Waals surface area contributed by atoms with Crippen molar-refractivity contribution in [2.75, 3.05) is 13.1 Å². The van der Waals surface area contributed by atoms with Crippen molar-refractivity contribution in [1.82, 2.24) is 10.4 Å². The number of hydrogen-bond donors (Lipinski definition) is 2. The van der Waals surface area contributed by atoms with E-state index in [1.807, 2.05) is 55.3 Å². The number of allylic oxidation sites excluding steroid dienone is 5. The molecule has 2 amide bonds. The monoisotopic (exact) mass is 512 g/mol. The zero-order valence-corrected chi connectivity index (χ0v) is 23.3. The highest BCUT2D eigenvalue weighted by Crippen LogP contribution is 2.31. The van der Waals surface area contributed by atoms with Crippen LogP contribution in [0, 0.1) is 11.3 Å². The van der Waals surface area contributed by atoms with Crippen molar-refractivity contribution in [1.29, 1.82) is 5.26 Å². The molecule has 0 aliphatic carbocycles. The molecule has 3 N–H and O–H groups in total. The highest BCUT2D eigenvalue weighted by molar-refractivity contribution is 5.95. The summed E-state index contributed by atoms with van der Waals surface area (Å²) in [7, 11) is 0. The number of carbonyl (C=O) groups excluding carboxylic acids is 2. The van der Waals surface area contributed by atoms with Crippen molar-refractivity contribution in [3.63, 3.8) is 0 Å². The molecule has 200 valence electrons. The number of carbonyl (C=O) groups is 2. The maximum absolute atomic E-state index is 12.7. The number of rotatable bonds is 6. The molecule has 0 spiro atoms. The molecule has 1 aliphatic rings.